The predicted molar refractivity (Wildman–Crippen MR) is 104 cm³/mol. The zero-order valence-electron chi connectivity index (χ0n) is 15.4. The lowest BCUT2D eigenvalue weighted by Gasteiger charge is -2.14. The first-order valence-corrected chi connectivity index (χ1v) is 8.90. The second-order valence-electron chi connectivity index (χ2n) is 6.41. The van der Waals surface area contributed by atoms with Crippen LogP contribution < -0.4 is 14.8 Å². The fourth-order valence-electron chi connectivity index (χ4n) is 3.38. The molecule has 2 aromatic carbocycles. The summed E-state index contributed by atoms with van der Waals surface area (Å²) in [6, 6.07) is 15.3. The van der Waals surface area contributed by atoms with Crippen LogP contribution in [0.3, 0.4) is 0 Å². The first kappa shape index (κ1) is 17.1. The molecule has 0 radical (unpaired) electrons. The monoisotopic (exact) mass is 363 g/mol. The summed E-state index contributed by atoms with van der Waals surface area (Å²) in [5.74, 6) is 2.24. The molecule has 1 aliphatic rings. The van der Waals surface area contributed by atoms with Crippen molar-refractivity contribution in [1.82, 2.24) is 9.78 Å². The number of fused-ring (bicyclic) bond motifs is 1. The van der Waals surface area contributed by atoms with Crippen LogP contribution in [0.25, 0.3) is 5.69 Å². The van der Waals surface area contributed by atoms with Crippen molar-refractivity contribution in [1.29, 1.82) is 0 Å². The highest BCUT2D eigenvalue weighted by atomic mass is 16.5. The summed E-state index contributed by atoms with van der Waals surface area (Å²) >= 11 is 0. The Balaban J connectivity index is 1.77. The van der Waals surface area contributed by atoms with Crippen molar-refractivity contribution in [3.8, 4) is 17.2 Å². The molecule has 1 heterocycles. The number of Topliss-reactive ketones (excluding diaryl/α,β-unsaturated/α-hetero) is 1. The van der Waals surface area contributed by atoms with E-state index in [4.69, 9.17) is 14.6 Å². The number of rotatable bonds is 5. The first-order valence-electron chi connectivity index (χ1n) is 8.90. The Hall–Kier alpha value is -3.28. The predicted octanol–water partition coefficient (Wildman–Crippen LogP) is 4.15. The number of ether oxygens (including phenoxy) is 2. The molecule has 0 saturated heterocycles. The van der Waals surface area contributed by atoms with Crippen molar-refractivity contribution in [2.24, 2.45) is 0 Å². The molecule has 1 N–H and O–H groups in total. The van der Waals surface area contributed by atoms with Gasteiger partial charge in [0.2, 0.25) is 0 Å². The van der Waals surface area contributed by atoms with Gasteiger partial charge in [0.05, 0.1) is 31.2 Å². The number of hydrogen-bond donors (Lipinski definition) is 1. The minimum atomic E-state index is 0.126. The van der Waals surface area contributed by atoms with Gasteiger partial charge in [0.1, 0.15) is 11.5 Å². The number of anilines is 2. The van der Waals surface area contributed by atoms with Gasteiger partial charge < -0.3 is 14.8 Å². The third-order valence-electron chi connectivity index (χ3n) is 4.73. The molecule has 1 aromatic heterocycles. The Morgan fingerprint density at radius 1 is 1.00 bits per heavy atom. The lowest BCUT2D eigenvalue weighted by molar-refractivity contribution is 0.0973. The van der Waals surface area contributed by atoms with Gasteiger partial charge in [-0.05, 0) is 49.2 Å². The van der Waals surface area contributed by atoms with E-state index in [0.717, 1.165) is 41.4 Å². The fraction of sp³-hybridized carbons (Fsp3) is 0.238. The molecule has 6 nitrogen and oxygen atoms in total. The van der Waals surface area contributed by atoms with E-state index < -0.39 is 0 Å². The van der Waals surface area contributed by atoms with Crippen LogP contribution in [-0.4, -0.2) is 29.8 Å². The standard InChI is InChI=1S/C21H21N3O3/c1-26-16-11-9-15(10-12-16)24-18-7-4-8-19(25)20(18)21(23-24)22-14-5-3-6-17(13-14)27-2/h3,5-6,9-13H,4,7-8H2,1-2H3,(H,22,23). The minimum absolute atomic E-state index is 0.126. The maximum Gasteiger partial charge on any atom is 0.168 e. The molecule has 1 aliphatic carbocycles. The van der Waals surface area contributed by atoms with E-state index in [1.54, 1.807) is 14.2 Å². The van der Waals surface area contributed by atoms with Gasteiger partial charge in [-0.25, -0.2) is 4.68 Å². The molecule has 4 rings (SSSR count). The lowest BCUT2D eigenvalue weighted by atomic mass is 9.95. The topological polar surface area (TPSA) is 65.4 Å². The maximum absolute atomic E-state index is 12.6. The third kappa shape index (κ3) is 3.26. The van der Waals surface area contributed by atoms with E-state index >= 15 is 0 Å². The second-order valence-corrected chi connectivity index (χ2v) is 6.41. The van der Waals surface area contributed by atoms with E-state index in [0.29, 0.717) is 17.8 Å². The van der Waals surface area contributed by atoms with E-state index in [2.05, 4.69) is 5.32 Å². The zero-order chi connectivity index (χ0) is 18.8. The normalized spacial score (nSPS) is 13.2. The van der Waals surface area contributed by atoms with E-state index in [9.17, 15) is 4.79 Å². The Labute approximate surface area is 157 Å². The molecule has 0 amide bonds. The van der Waals surface area contributed by atoms with Crippen molar-refractivity contribution in [3.63, 3.8) is 0 Å². The quantitative estimate of drug-likeness (QED) is 0.738. The molecule has 3 aromatic rings. The van der Waals surface area contributed by atoms with Crippen molar-refractivity contribution in [3.05, 3.63) is 59.8 Å². The van der Waals surface area contributed by atoms with Crippen LogP contribution in [0.4, 0.5) is 11.5 Å². The molecule has 138 valence electrons. The smallest absolute Gasteiger partial charge is 0.168 e. The molecule has 0 bridgehead atoms. The highest BCUT2D eigenvalue weighted by Gasteiger charge is 2.27. The highest BCUT2D eigenvalue weighted by Crippen LogP contribution is 2.32. The van der Waals surface area contributed by atoms with Gasteiger partial charge >= 0.3 is 0 Å². The number of benzene rings is 2. The number of hydrogen-bond acceptors (Lipinski definition) is 5. The summed E-state index contributed by atoms with van der Waals surface area (Å²) in [6.45, 7) is 0. The van der Waals surface area contributed by atoms with Crippen LogP contribution in [-0.2, 0) is 6.42 Å². The van der Waals surface area contributed by atoms with Gasteiger partial charge in [-0.2, -0.15) is 0 Å². The molecular weight excluding hydrogens is 342 g/mol. The number of carbonyl (C=O) groups excluding carboxylic acids is 1. The molecule has 0 saturated carbocycles. The van der Waals surface area contributed by atoms with Gasteiger partial charge in [-0.1, -0.05) is 6.07 Å². The molecule has 0 unspecified atom stereocenters. The van der Waals surface area contributed by atoms with Crippen LogP contribution in [0, 0.1) is 0 Å². The van der Waals surface area contributed by atoms with E-state index in [1.807, 2.05) is 53.2 Å². The fourth-order valence-corrected chi connectivity index (χ4v) is 3.38. The van der Waals surface area contributed by atoms with E-state index in [1.165, 1.54) is 0 Å². The SMILES string of the molecule is COc1ccc(-n2nc(Nc3cccc(OC)c3)c3c2CCCC3=O)cc1. The highest BCUT2D eigenvalue weighted by molar-refractivity contribution is 6.03. The Bertz CT molecular complexity index is 977. The Morgan fingerprint density at radius 3 is 2.52 bits per heavy atom. The summed E-state index contributed by atoms with van der Waals surface area (Å²) in [5, 5.41) is 8.01. The van der Waals surface area contributed by atoms with Crippen molar-refractivity contribution >= 4 is 17.3 Å². The summed E-state index contributed by atoms with van der Waals surface area (Å²) < 4.78 is 12.4. The molecule has 27 heavy (non-hydrogen) atoms. The number of nitrogens with one attached hydrogen (secondary N) is 1. The largest absolute Gasteiger partial charge is 0.497 e. The summed E-state index contributed by atoms with van der Waals surface area (Å²) in [7, 11) is 3.27. The number of nitrogens with zero attached hydrogens (tertiary/aromatic N) is 2. The first-order chi connectivity index (χ1) is 13.2. The van der Waals surface area contributed by atoms with E-state index in [-0.39, 0.29) is 5.78 Å². The maximum atomic E-state index is 12.6. The Kier molecular flexibility index (Phi) is 4.54. The number of aromatic nitrogens is 2. The van der Waals surface area contributed by atoms with Gasteiger partial charge in [0, 0.05) is 18.2 Å². The number of carbonyl (C=O) groups is 1. The summed E-state index contributed by atoms with van der Waals surface area (Å²) in [4.78, 5) is 12.6. The third-order valence-corrected chi connectivity index (χ3v) is 4.73. The van der Waals surface area contributed by atoms with Gasteiger partial charge in [-0.15, -0.1) is 5.10 Å². The van der Waals surface area contributed by atoms with Crippen molar-refractivity contribution < 1.29 is 14.3 Å². The van der Waals surface area contributed by atoms with Crippen LogP contribution >= 0.6 is 0 Å². The van der Waals surface area contributed by atoms with Crippen LogP contribution in [0.15, 0.2) is 48.5 Å². The average molecular weight is 363 g/mol. The molecule has 0 aliphatic heterocycles. The van der Waals surface area contributed by atoms with Crippen LogP contribution in [0.2, 0.25) is 0 Å². The summed E-state index contributed by atoms with van der Waals surface area (Å²) in [6.07, 6.45) is 2.21. The van der Waals surface area contributed by atoms with Gasteiger partial charge in [-0.3, -0.25) is 4.79 Å². The molecule has 0 fully saturated rings. The minimum Gasteiger partial charge on any atom is -0.497 e. The van der Waals surface area contributed by atoms with Gasteiger partial charge in [0.25, 0.3) is 0 Å². The van der Waals surface area contributed by atoms with Crippen molar-refractivity contribution in [2.45, 2.75) is 19.3 Å². The molecule has 0 spiro atoms. The molecule has 0 atom stereocenters. The zero-order valence-corrected chi connectivity index (χ0v) is 15.4. The Morgan fingerprint density at radius 2 is 1.78 bits per heavy atom. The van der Waals surface area contributed by atoms with Crippen LogP contribution in [0.1, 0.15) is 28.9 Å². The molecular formula is C21H21N3O3. The van der Waals surface area contributed by atoms with Crippen molar-refractivity contribution in [2.75, 3.05) is 19.5 Å². The lowest BCUT2D eigenvalue weighted by Crippen LogP contribution is -2.13. The van der Waals surface area contributed by atoms with Crippen LogP contribution in [0.5, 0.6) is 11.5 Å². The number of methoxy groups -OCH3 is 2. The average Bonchev–Trinajstić information content (AvgIpc) is 3.08. The van der Waals surface area contributed by atoms with Gasteiger partial charge in [0.15, 0.2) is 11.6 Å². The summed E-state index contributed by atoms with van der Waals surface area (Å²) in [5.41, 5.74) is 3.36. The molecule has 6 heteroatoms. The number of ketones is 1. The second kappa shape index (κ2) is 7.15.